The molecule has 0 aromatic heterocycles. The monoisotopic (exact) mass is 227 g/mol. The zero-order valence-corrected chi connectivity index (χ0v) is 10.3. The minimum Gasteiger partial charge on any atom is -0.305 e. The van der Waals surface area contributed by atoms with Crippen molar-refractivity contribution in [2.45, 2.75) is 45.7 Å². The van der Waals surface area contributed by atoms with E-state index < -0.39 is 5.82 Å². The normalized spacial score (nSPS) is 13.9. The number of benzene rings is 1. The Kier molecular flexibility index (Phi) is 4.03. The van der Waals surface area contributed by atoms with Gasteiger partial charge in [-0.1, -0.05) is 6.92 Å². The molecule has 90 valence electrons. The zero-order chi connectivity index (χ0) is 12.3. The van der Waals surface area contributed by atoms with E-state index in [1.165, 1.54) is 12.1 Å². The van der Waals surface area contributed by atoms with Crippen molar-refractivity contribution in [3.63, 3.8) is 0 Å². The first-order valence-electron chi connectivity index (χ1n) is 5.58. The highest BCUT2D eigenvalue weighted by Crippen LogP contribution is 2.21. The van der Waals surface area contributed by atoms with Crippen LogP contribution in [0.3, 0.4) is 0 Å². The third kappa shape index (κ3) is 3.27. The van der Waals surface area contributed by atoms with Crippen LogP contribution in [0.15, 0.2) is 18.2 Å². The predicted molar refractivity (Wildman–Crippen MR) is 62.3 cm³/mol. The van der Waals surface area contributed by atoms with Crippen molar-refractivity contribution in [3.05, 3.63) is 35.4 Å². The molecule has 0 aliphatic rings. The molecule has 0 aliphatic heterocycles. The zero-order valence-electron chi connectivity index (χ0n) is 10.3. The van der Waals surface area contributed by atoms with E-state index in [2.05, 4.69) is 12.2 Å². The van der Waals surface area contributed by atoms with E-state index in [1.54, 1.807) is 0 Å². The van der Waals surface area contributed by atoms with Crippen molar-refractivity contribution in [3.8, 4) is 0 Å². The van der Waals surface area contributed by atoms with Gasteiger partial charge in [-0.3, -0.25) is 0 Å². The Balaban J connectivity index is 2.88. The van der Waals surface area contributed by atoms with Gasteiger partial charge in [0.25, 0.3) is 0 Å². The van der Waals surface area contributed by atoms with Gasteiger partial charge in [-0.15, -0.1) is 0 Å². The Morgan fingerprint density at radius 3 is 2.50 bits per heavy atom. The molecule has 0 saturated heterocycles. The maximum Gasteiger partial charge on any atom is 0.128 e. The van der Waals surface area contributed by atoms with Gasteiger partial charge in [-0.05, 0) is 45.4 Å². The molecule has 0 bridgehead atoms. The lowest BCUT2D eigenvalue weighted by Gasteiger charge is -2.29. The number of rotatable bonds is 4. The second-order valence-corrected chi connectivity index (χ2v) is 4.77. The van der Waals surface area contributed by atoms with Gasteiger partial charge in [0.05, 0.1) is 0 Å². The van der Waals surface area contributed by atoms with Crippen LogP contribution in [0.4, 0.5) is 8.78 Å². The predicted octanol–water partition coefficient (Wildman–Crippen LogP) is 3.80. The van der Waals surface area contributed by atoms with Crippen molar-refractivity contribution in [2.75, 3.05) is 0 Å². The van der Waals surface area contributed by atoms with Crippen LogP contribution in [-0.4, -0.2) is 5.54 Å². The van der Waals surface area contributed by atoms with Crippen LogP contribution in [0.1, 0.15) is 45.7 Å². The van der Waals surface area contributed by atoms with E-state index in [1.807, 2.05) is 20.8 Å². The molecule has 0 spiro atoms. The van der Waals surface area contributed by atoms with Gasteiger partial charge >= 0.3 is 0 Å². The summed E-state index contributed by atoms with van der Waals surface area (Å²) in [5.74, 6) is -0.771. The average Bonchev–Trinajstić information content (AvgIpc) is 2.21. The molecular weight excluding hydrogens is 208 g/mol. The Bertz CT molecular complexity index is 361. The lowest BCUT2D eigenvalue weighted by atomic mass is 9.98. The molecule has 0 heterocycles. The molecule has 1 N–H and O–H groups in total. The van der Waals surface area contributed by atoms with Crippen molar-refractivity contribution >= 4 is 0 Å². The van der Waals surface area contributed by atoms with Gasteiger partial charge in [0.2, 0.25) is 0 Å². The second-order valence-electron chi connectivity index (χ2n) is 4.77. The molecule has 1 aromatic carbocycles. The third-order valence-corrected chi connectivity index (χ3v) is 2.92. The fraction of sp³-hybridized carbons (Fsp3) is 0.538. The van der Waals surface area contributed by atoms with Crippen molar-refractivity contribution in [1.82, 2.24) is 5.32 Å². The van der Waals surface area contributed by atoms with Crippen molar-refractivity contribution < 1.29 is 8.78 Å². The highest BCUT2D eigenvalue weighted by molar-refractivity contribution is 5.22. The average molecular weight is 227 g/mol. The fourth-order valence-electron chi connectivity index (χ4n) is 1.61. The number of halogens is 2. The third-order valence-electron chi connectivity index (χ3n) is 2.92. The summed E-state index contributed by atoms with van der Waals surface area (Å²) in [5, 5.41) is 3.28. The standard InChI is InChI=1S/C13H19F2N/c1-5-13(3,4)16-9(2)11-8-10(14)6-7-12(11)15/h6-9,16H,5H2,1-4H3. The molecular formula is C13H19F2N. The minimum atomic E-state index is -0.403. The largest absolute Gasteiger partial charge is 0.305 e. The first-order valence-corrected chi connectivity index (χ1v) is 5.58. The van der Waals surface area contributed by atoms with E-state index in [9.17, 15) is 8.78 Å². The summed E-state index contributed by atoms with van der Waals surface area (Å²) in [7, 11) is 0. The van der Waals surface area contributed by atoms with Crippen molar-refractivity contribution in [1.29, 1.82) is 0 Å². The Hall–Kier alpha value is -0.960. The Morgan fingerprint density at radius 1 is 1.31 bits per heavy atom. The van der Waals surface area contributed by atoms with E-state index in [4.69, 9.17) is 0 Å². The highest BCUT2D eigenvalue weighted by Gasteiger charge is 2.20. The minimum absolute atomic E-state index is 0.0851. The molecule has 16 heavy (non-hydrogen) atoms. The number of hydrogen-bond acceptors (Lipinski definition) is 1. The molecule has 1 atom stereocenters. The van der Waals surface area contributed by atoms with Gasteiger partial charge in [0, 0.05) is 17.1 Å². The van der Waals surface area contributed by atoms with Gasteiger partial charge in [-0.25, -0.2) is 8.78 Å². The Labute approximate surface area is 95.9 Å². The summed E-state index contributed by atoms with van der Waals surface area (Å²) in [6, 6.07) is 3.35. The smallest absolute Gasteiger partial charge is 0.128 e. The lowest BCUT2D eigenvalue weighted by molar-refractivity contribution is 0.332. The van der Waals surface area contributed by atoms with Crippen LogP contribution in [-0.2, 0) is 0 Å². The molecule has 1 rings (SSSR count). The summed E-state index contributed by atoms with van der Waals surface area (Å²) >= 11 is 0. The molecule has 3 heteroatoms. The van der Waals surface area contributed by atoms with Crippen LogP contribution in [0.25, 0.3) is 0 Å². The van der Waals surface area contributed by atoms with Crippen LogP contribution < -0.4 is 5.32 Å². The highest BCUT2D eigenvalue weighted by atomic mass is 19.1. The van der Waals surface area contributed by atoms with Crippen LogP contribution in [0, 0.1) is 11.6 Å². The molecule has 1 aromatic rings. The second kappa shape index (κ2) is 4.91. The summed E-state index contributed by atoms with van der Waals surface area (Å²) in [5.41, 5.74) is 0.291. The molecule has 0 fully saturated rings. The van der Waals surface area contributed by atoms with Gasteiger partial charge in [0.1, 0.15) is 11.6 Å². The van der Waals surface area contributed by atoms with Gasteiger partial charge in [0.15, 0.2) is 0 Å². The van der Waals surface area contributed by atoms with Crippen molar-refractivity contribution in [2.24, 2.45) is 0 Å². The summed E-state index contributed by atoms with van der Waals surface area (Å²) in [6.07, 6.45) is 0.925. The van der Waals surface area contributed by atoms with E-state index in [0.717, 1.165) is 12.5 Å². The molecule has 0 aliphatic carbocycles. The summed E-state index contributed by atoms with van der Waals surface area (Å²) in [6.45, 7) is 7.98. The molecule has 0 radical (unpaired) electrons. The first-order chi connectivity index (χ1) is 7.35. The summed E-state index contributed by atoms with van der Waals surface area (Å²) in [4.78, 5) is 0. The topological polar surface area (TPSA) is 12.0 Å². The molecule has 1 nitrogen and oxygen atoms in total. The SMILES string of the molecule is CCC(C)(C)NC(C)c1cc(F)ccc1F. The fourth-order valence-corrected chi connectivity index (χ4v) is 1.61. The maximum atomic E-state index is 13.5. The van der Waals surface area contributed by atoms with E-state index in [0.29, 0.717) is 5.56 Å². The molecule has 0 saturated carbocycles. The molecule has 0 amide bonds. The van der Waals surface area contributed by atoms with Crippen LogP contribution >= 0.6 is 0 Å². The van der Waals surface area contributed by atoms with Gasteiger partial charge in [-0.2, -0.15) is 0 Å². The Morgan fingerprint density at radius 2 is 1.94 bits per heavy atom. The molecule has 1 unspecified atom stereocenters. The van der Waals surface area contributed by atoms with Gasteiger partial charge < -0.3 is 5.32 Å². The maximum absolute atomic E-state index is 13.5. The number of hydrogen-bond donors (Lipinski definition) is 1. The van der Waals surface area contributed by atoms with E-state index >= 15 is 0 Å². The van der Waals surface area contributed by atoms with Crippen LogP contribution in [0.5, 0.6) is 0 Å². The number of nitrogens with one attached hydrogen (secondary N) is 1. The summed E-state index contributed by atoms with van der Waals surface area (Å²) < 4.78 is 26.5. The quantitative estimate of drug-likeness (QED) is 0.824. The lowest BCUT2D eigenvalue weighted by Crippen LogP contribution is -2.40. The van der Waals surface area contributed by atoms with Crippen LogP contribution in [0.2, 0.25) is 0 Å². The first kappa shape index (κ1) is 13.1. The van der Waals surface area contributed by atoms with E-state index in [-0.39, 0.29) is 17.4 Å².